The van der Waals surface area contributed by atoms with Crippen molar-refractivity contribution >= 4 is 17.2 Å². The summed E-state index contributed by atoms with van der Waals surface area (Å²) in [6, 6.07) is 3.69. The number of hydrogen-bond donors (Lipinski definition) is 2. The number of H-pyrrole nitrogens is 1. The molecule has 0 atom stereocenters. The maximum absolute atomic E-state index is 10.8. The molecule has 5 heteroatoms. The van der Waals surface area contributed by atoms with Gasteiger partial charge in [-0.05, 0) is 30.0 Å². The van der Waals surface area contributed by atoms with E-state index in [-0.39, 0.29) is 5.69 Å². The SMILES string of the molecule is Cc1csc(-c2cc(C(N)=O)n[nH]2)c1. The topological polar surface area (TPSA) is 71.8 Å². The van der Waals surface area contributed by atoms with Crippen molar-refractivity contribution in [2.75, 3.05) is 0 Å². The second-order valence-corrected chi connectivity index (χ2v) is 3.93. The monoisotopic (exact) mass is 207 g/mol. The minimum atomic E-state index is -0.513. The third kappa shape index (κ3) is 1.54. The first-order valence-electron chi connectivity index (χ1n) is 4.07. The molecule has 2 aromatic rings. The van der Waals surface area contributed by atoms with Gasteiger partial charge in [0.1, 0.15) is 5.69 Å². The molecule has 0 aliphatic rings. The number of carbonyl (C=O) groups is 1. The first-order chi connectivity index (χ1) is 6.66. The van der Waals surface area contributed by atoms with Crippen LogP contribution in [0, 0.1) is 6.92 Å². The molecule has 1 amide bonds. The molecule has 0 radical (unpaired) electrons. The number of thiophene rings is 1. The molecule has 2 heterocycles. The lowest BCUT2D eigenvalue weighted by atomic mass is 10.3. The number of nitrogens with zero attached hydrogens (tertiary/aromatic N) is 1. The van der Waals surface area contributed by atoms with Gasteiger partial charge in [0.15, 0.2) is 0 Å². The third-order valence-corrected chi connectivity index (χ3v) is 2.91. The van der Waals surface area contributed by atoms with Gasteiger partial charge < -0.3 is 5.73 Å². The molecular formula is C9H9N3OS. The average Bonchev–Trinajstić information content (AvgIpc) is 2.70. The van der Waals surface area contributed by atoms with Crippen LogP contribution in [0.3, 0.4) is 0 Å². The average molecular weight is 207 g/mol. The van der Waals surface area contributed by atoms with Gasteiger partial charge in [-0.15, -0.1) is 11.3 Å². The summed E-state index contributed by atoms with van der Waals surface area (Å²) in [6.45, 7) is 2.02. The number of rotatable bonds is 2. The van der Waals surface area contributed by atoms with Crippen LogP contribution in [0.5, 0.6) is 0 Å². The molecule has 2 rings (SSSR count). The molecule has 0 saturated heterocycles. The molecule has 0 bridgehead atoms. The summed E-state index contributed by atoms with van der Waals surface area (Å²) >= 11 is 1.60. The Labute approximate surface area is 84.8 Å². The number of nitrogens with two attached hydrogens (primary N) is 1. The number of aromatic amines is 1. The number of primary amides is 1. The molecule has 0 unspecified atom stereocenters. The Balaban J connectivity index is 2.38. The standard InChI is InChI=1S/C9H9N3OS/c1-5-2-8(14-4-5)6-3-7(9(10)13)12-11-6/h2-4H,1H3,(H2,10,13)(H,11,12). The number of amides is 1. The highest BCUT2D eigenvalue weighted by molar-refractivity contribution is 7.13. The lowest BCUT2D eigenvalue weighted by Gasteiger charge is -1.86. The lowest BCUT2D eigenvalue weighted by Crippen LogP contribution is -2.10. The van der Waals surface area contributed by atoms with E-state index in [2.05, 4.69) is 10.2 Å². The fourth-order valence-electron chi connectivity index (χ4n) is 1.15. The summed E-state index contributed by atoms with van der Waals surface area (Å²) in [4.78, 5) is 11.9. The van der Waals surface area contributed by atoms with Crippen LogP contribution in [0.2, 0.25) is 0 Å². The minimum absolute atomic E-state index is 0.269. The Bertz CT molecular complexity index is 472. The van der Waals surface area contributed by atoms with Crippen LogP contribution in [-0.2, 0) is 0 Å². The first-order valence-corrected chi connectivity index (χ1v) is 4.95. The van der Waals surface area contributed by atoms with Crippen molar-refractivity contribution in [2.45, 2.75) is 6.92 Å². The van der Waals surface area contributed by atoms with Crippen LogP contribution < -0.4 is 5.73 Å². The molecule has 4 nitrogen and oxygen atoms in total. The molecule has 0 saturated carbocycles. The van der Waals surface area contributed by atoms with Gasteiger partial charge in [-0.1, -0.05) is 0 Å². The van der Waals surface area contributed by atoms with Gasteiger partial charge in [0, 0.05) is 0 Å². The van der Waals surface area contributed by atoms with Crippen molar-refractivity contribution in [3.63, 3.8) is 0 Å². The van der Waals surface area contributed by atoms with Gasteiger partial charge in [-0.3, -0.25) is 9.89 Å². The summed E-state index contributed by atoms with van der Waals surface area (Å²) < 4.78 is 0. The molecule has 0 aliphatic carbocycles. The first kappa shape index (κ1) is 8.96. The van der Waals surface area contributed by atoms with Crippen molar-refractivity contribution in [1.82, 2.24) is 10.2 Å². The van der Waals surface area contributed by atoms with Crippen LogP contribution in [-0.4, -0.2) is 16.1 Å². The Kier molecular flexibility index (Phi) is 2.09. The normalized spacial score (nSPS) is 10.4. The molecule has 0 spiro atoms. The maximum atomic E-state index is 10.8. The molecule has 0 aromatic carbocycles. The van der Waals surface area contributed by atoms with Crippen LogP contribution in [0.4, 0.5) is 0 Å². The second kappa shape index (κ2) is 3.26. The third-order valence-electron chi connectivity index (χ3n) is 1.83. The Morgan fingerprint density at radius 1 is 1.57 bits per heavy atom. The predicted molar refractivity (Wildman–Crippen MR) is 55.2 cm³/mol. The Morgan fingerprint density at radius 2 is 2.36 bits per heavy atom. The van der Waals surface area contributed by atoms with E-state index in [4.69, 9.17) is 5.73 Å². The van der Waals surface area contributed by atoms with Crippen LogP contribution in [0.1, 0.15) is 16.1 Å². The van der Waals surface area contributed by atoms with E-state index in [9.17, 15) is 4.79 Å². The van der Waals surface area contributed by atoms with Crippen LogP contribution >= 0.6 is 11.3 Å². The zero-order valence-corrected chi connectivity index (χ0v) is 8.39. The molecule has 0 fully saturated rings. The zero-order valence-electron chi connectivity index (χ0n) is 7.57. The van der Waals surface area contributed by atoms with Gasteiger partial charge in [0.05, 0.1) is 10.6 Å². The largest absolute Gasteiger partial charge is 0.364 e. The predicted octanol–water partition coefficient (Wildman–Crippen LogP) is 1.55. The molecule has 3 N–H and O–H groups in total. The Hall–Kier alpha value is -1.62. The number of nitrogens with one attached hydrogen (secondary N) is 1. The van der Waals surface area contributed by atoms with Crippen LogP contribution in [0.15, 0.2) is 17.5 Å². The maximum Gasteiger partial charge on any atom is 0.269 e. The summed E-state index contributed by atoms with van der Waals surface area (Å²) in [6.07, 6.45) is 0. The van der Waals surface area contributed by atoms with E-state index in [0.717, 1.165) is 10.6 Å². The molecule has 0 aliphatic heterocycles. The van der Waals surface area contributed by atoms with Crippen molar-refractivity contribution in [2.24, 2.45) is 5.73 Å². The highest BCUT2D eigenvalue weighted by Gasteiger charge is 2.08. The molecule has 2 aromatic heterocycles. The molecule has 14 heavy (non-hydrogen) atoms. The van der Waals surface area contributed by atoms with E-state index < -0.39 is 5.91 Å². The van der Waals surface area contributed by atoms with Crippen molar-refractivity contribution in [1.29, 1.82) is 0 Å². The van der Waals surface area contributed by atoms with E-state index in [1.54, 1.807) is 17.4 Å². The summed E-state index contributed by atoms with van der Waals surface area (Å²) in [5, 5.41) is 8.63. The van der Waals surface area contributed by atoms with Gasteiger partial charge in [-0.2, -0.15) is 5.10 Å². The number of aromatic nitrogens is 2. The molecule has 72 valence electrons. The minimum Gasteiger partial charge on any atom is -0.364 e. The van der Waals surface area contributed by atoms with Crippen molar-refractivity contribution in [3.8, 4) is 10.6 Å². The number of hydrogen-bond acceptors (Lipinski definition) is 3. The van der Waals surface area contributed by atoms with Crippen LogP contribution in [0.25, 0.3) is 10.6 Å². The van der Waals surface area contributed by atoms with E-state index >= 15 is 0 Å². The fourth-order valence-corrected chi connectivity index (χ4v) is 2.01. The number of aryl methyl sites for hydroxylation is 1. The number of carbonyl (C=O) groups excluding carboxylic acids is 1. The van der Waals surface area contributed by atoms with Gasteiger partial charge >= 0.3 is 0 Å². The smallest absolute Gasteiger partial charge is 0.269 e. The van der Waals surface area contributed by atoms with E-state index in [1.807, 2.05) is 18.4 Å². The summed E-state index contributed by atoms with van der Waals surface area (Å²) in [5.74, 6) is -0.513. The van der Waals surface area contributed by atoms with Gasteiger partial charge in [-0.25, -0.2) is 0 Å². The summed E-state index contributed by atoms with van der Waals surface area (Å²) in [5.41, 5.74) is 7.39. The highest BCUT2D eigenvalue weighted by atomic mass is 32.1. The highest BCUT2D eigenvalue weighted by Crippen LogP contribution is 2.25. The van der Waals surface area contributed by atoms with Crippen molar-refractivity contribution < 1.29 is 4.79 Å². The van der Waals surface area contributed by atoms with E-state index in [0.29, 0.717) is 0 Å². The second-order valence-electron chi connectivity index (χ2n) is 3.02. The Morgan fingerprint density at radius 3 is 2.86 bits per heavy atom. The van der Waals surface area contributed by atoms with Crippen molar-refractivity contribution in [3.05, 3.63) is 28.8 Å². The zero-order chi connectivity index (χ0) is 10.1. The fraction of sp³-hybridized carbons (Fsp3) is 0.111. The lowest BCUT2D eigenvalue weighted by molar-refractivity contribution is 0.0995. The quantitative estimate of drug-likeness (QED) is 0.784. The van der Waals surface area contributed by atoms with E-state index in [1.165, 1.54) is 5.56 Å². The summed E-state index contributed by atoms with van der Waals surface area (Å²) in [7, 11) is 0. The van der Waals surface area contributed by atoms with Gasteiger partial charge in [0.25, 0.3) is 5.91 Å². The molecular weight excluding hydrogens is 198 g/mol. The van der Waals surface area contributed by atoms with Gasteiger partial charge in [0.2, 0.25) is 0 Å².